The summed E-state index contributed by atoms with van der Waals surface area (Å²) in [5.41, 5.74) is -1.47. The molecule has 1 amide bonds. The molecule has 0 aliphatic carbocycles. The first-order valence-corrected chi connectivity index (χ1v) is 9.36. The van der Waals surface area contributed by atoms with E-state index in [2.05, 4.69) is 4.98 Å². The van der Waals surface area contributed by atoms with Gasteiger partial charge >= 0.3 is 16.1 Å². The highest BCUT2D eigenvalue weighted by molar-refractivity contribution is 7.89. The summed E-state index contributed by atoms with van der Waals surface area (Å²) in [5.74, 6) is -2.56. The van der Waals surface area contributed by atoms with Crippen LogP contribution in [0.4, 0.5) is 13.6 Å². The third kappa shape index (κ3) is 3.61. The maximum atomic E-state index is 15.1. The minimum absolute atomic E-state index is 0.281. The molecule has 0 radical (unpaired) electrons. The molecule has 3 heterocycles. The Morgan fingerprint density at radius 1 is 1.34 bits per heavy atom. The molecule has 29 heavy (non-hydrogen) atoms. The summed E-state index contributed by atoms with van der Waals surface area (Å²) < 4.78 is 60.6. The van der Waals surface area contributed by atoms with Crippen LogP contribution in [0.15, 0.2) is 46.2 Å². The van der Waals surface area contributed by atoms with Crippen molar-refractivity contribution in [2.45, 2.75) is 11.6 Å². The van der Waals surface area contributed by atoms with Crippen LogP contribution in [0.3, 0.4) is 0 Å². The maximum Gasteiger partial charge on any atom is 0.407 e. The Hall–Kier alpha value is -3.54. The van der Waals surface area contributed by atoms with Crippen LogP contribution in [0.1, 0.15) is 16.1 Å². The zero-order chi connectivity index (χ0) is 21.3. The molecule has 9 nitrogen and oxygen atoms in total. The first kappa shape index (κ1) is 20.2. The highest BCUT2D eigenvalue weighted by Gasteiger charge is 2.31. The Morgan fingerprint density at radius 2 is 2.07 bits per heavy atom. The molecule has 0 aliphatic rings. The predicted molar refractivity (Wildman–Crippen MR) is 93.8 cm³/mol. The van der Waals surface area contributed by atoms with E-state index in [0.717, 1.165) is 42.5 Å². The van der Waals surface area contributed by atoms with Crippen molar-refractivity contribution >= 4 is 22.4 Å². The largest absolute Gasteiger partial charge is 0.465 e. The lowest BCUT2D eigenvalue weighted by Crippen LogP contribution is -2.24. The van der Waals surface area contributed by atoms with Gasteiger partial charge in [-0.1, -0.05) is 0 Å². The van der Waals surface area contributed by atoms with Gasteiger partial charge in [-0.25, -0.2) is 18.1 Å². The monoisotopic (exact) mass is 425 g/mol. The van der Waals surface area contributed by atoms with Crippen LogP contribution < -0.4 is 0 Å². The fraction of sp³-hybridized carbons (Fsp3) is 0.118. The number of furan rings is 1. The highest BCUT2D eigenvalue weighted by Crippen LogP contribution is 2.32. The second kappa shape index (κ2) is 7.47. The number of nitrogens with zero attached hydrogens (tertiary/aromatic N) is 3. The van der Waals surface area contributed by atoms with Gasteiger partial charge in [0.25, 0.3) is 0 Å². The molecule has 3 aromatic heterocycles. The van der Waals surface area contributed by atoms with E-state index in [-0.39, 0.29) is 17.6 Å². The van der Waals surface area contributed by atoms with Gasteiger partial charge in [-0.2, -0.15) is 12.8 Å². The molecule has 1 N–H and O–H groups in total. The lowest BCUT2D eigenvalue weighted by Gasteiger charge is -2.11. The Bertz CT molecular complexity index is 1200. The van der Waals surface area contributed by atoms with Crippen molar-refractivity contribution in [3.05, 3.63) is 59.7 Å². The third-order valence-corrected chi connectivity index (χ3v) is 5.50. The first-order valence-electron chi connectivity index (χ1n) is 7.92. The van der Waals surface area contributed by atoms with E-state index in [1.807, 2.05) is 0 Å². The van der Waals surface area contributed by atoms with Crippen molar-refractivity contribution in [3.8, 4) is 11.3 Å². The van der Waals surface area contributed by atoms with Crippen LogP contribution in [0, 0.1) is 11.8 Å². The van der Waals surface area contributed by atoms with Crippen LogP contribution in [-0.4, -0.2) is 46.8 Å². The van der Waals surface area contributed by atoms with Crippen LogP contribution >= 0.6 is 0 Å². The SMILES string of the molecule is CN(Cc1cn(S(=O)(=O)c2ccc(C=O)o2)c(-c2cccnc2F)c1F)C(=O)O. The molecule has 0 aromatic carbocycles. The minimum Gasteiger partial charge on any atom is -0.465 e. The van der Waals surface area contributed by atoms with Gasteiger partial charge in [0.2, 0.25) is 11.0 Å². The molecular formula is C17H13F2N3O6S. The number of rotatable bonds is 6. The van der Waals surface area contributed by atoms with E-state index < -0.39 is 50.8 Å². The molecular weight excluding hydrogens is 412 g/mol. The Balaban J connectivity index is 2.26. The molecule has 0 unspecified atom stereocenters. The summed E-state index contributed by atoms with van der Waals surface area (Å²) in [6.45, 7) is -0.504. The number of aromatic nitrogens is 2. The van der Waals surface area contributed by atoms with Crippen molar-refractivity contribution in [1.82, 2.24) is 13.9 Å². The van der Waals surface area contributed by atoms with Gasteiger partial charge in [0.15, 0.2) is 17.9 Å². The topological polar surface area (TPSA) is 123 Å². The van der Waals surface area contributed by atoms with Crippen LogP contribution in [0.5, 0.6) is 0 Å². The van der Waals surface area contributed by atoms with Crippen molar-refractivity contribution in [2.24, 2.45) is 0 Å². The average Bonchev–Trinajstić information content (AvgIpc) is 3.28. The molecule has 152 valence electrons. The minimum atomic E-state index is -4.59. The van der Waals surface area contributed by atoms with E-state index in [0.29, 0.717) is 3.97 Å². The summed E-state index contributed by atoms with van der Waals surface area (Å²) in [5, 5.41) is 8.32. The number of halogens is 2. The summed E-state index contributed by atoms with van der Waals surface area (Å²) in [6.07, 6.45) is 0.829. The zero-order valence-electron chi connectivity index (χ0n) is 14.7. The summed E-state index contributed by atoms with van der Waals surface area (Å²) >= 11 is 0. The van der Waals surface area contributed by atoms with E-state index in [1.54, 1.807) is 0 Å². The van der Waals surface area contributed by atoms with Gasteiger partial charge in [-0.15, -0.1) is 0 Å². The average molecular weight is 425 g/mol. The van der Waals surface area contributed by atoms with Gasteiger partial charge < -0.3 is 14.4 Å². The number of carbonyl (C=O) groups excluding carboxylic acids is 1. The van der Waals surface area contributed by atoms with Crippen molar-refractivity contribution in [2.75, 3.05) is 7.05 Å². The van der Waals surface area contributed by atoms with E-state index in [9.17, 15) is 22.4 Å². The van der Waals surface area contributed by atoms with Crippen molar-refractivity contribution < 1.29 is 36.3 Å². The third-order valence-electron chi connectivity index (χ3n) is 3.96. The van der Waals surface area contributed by atoms with Gasteiger partial charge in [0, 0.05) is 25.0 Å². The molecule has 0 saturated carbocycles. The molecule has 12 heteroatoms. The fourth-order valence-electron chi connectivity index (χ4n) is 2.57. The zero-order valence-corrected chi connectivity index (χ0v) is 15.6. The van der Waals surface area contributed by atoms with E-state index in [4.69, 9.17) is 9.52 Å². The van der Waals surface area contributed by atoms with Crippen LogP contribution in [0.25, 0.3) is 11.3 Å². The van der Waals surface area contributed by atoms with Crippen molar-refractivity contribution in [1.29, 1.82) is 0 Å². The smallest absolute Gasteiger partial charge is 0.407 e. The van der Waals surface area contributed by atoms with E-state index >= 15 is 4.39 Å². The van der Waals surface area contributed by atoms with Gasteiger partial charge in [-0.05, 0) is 24.3 Å². The number of amides is 1. The lowest BCUT2D eigenvalue weighted by atomic mass is 10.2. The molecule has 0 aliphatic heterocycles. The molecule has 0 atom stereocenters. The molecule has 0 bridgehead atoms. The van der Waals surface area contributed by atoms with E-state index in [1.165, 1.54) is 6.07 Å². The second-order valence-electron chi connectivity index (χ2n) is 5.87. The Kier molecular flexibility index (Phi) is 5.20. The number of hydrogen-bond acceptors (Lipinski definition) is 6. The summed E-state index contributed by atoms with van der Waals surface area (Å²) in [4.78, 5) is 25.9. The standard InChI is InChI=1S/C17H13F2N3O6S/c1-21(17(24)25)7-10-8-22(29(26,27)13-5-4-11(9-23)28-13)15(14(10)18)12-3-2-6-20-16(12)19/h2-6,8-9H,7H2,1H3,(H,24,25). The van der Waals surface area contributed by atoms with Crippen molar-refractivity contribution in [3.63, 3.8) is 0 Å². The molecule has 0 fully saturated rings. The number of aldehydes is 1. The summed E-state index contributed by atoms with van der Waals surface area (Å²) in [6, 6.07) is 4.49. The summed E-state index contributed by atoms with van der Waals surface area (Å²) in [7, 11) is -3.44. The predicted octanol–water partition coefficient (Wildman–Crippen LogP) is 2.58. The second-order valence-corrected chi connectivity index (χ2v) is 7.62. The number of carboxylic acid groups (broad SMARTS) is 1. The molecule has 0 spiro atoms. The van der Waals surface area contributed by atoms with Crippen LogP contribution in [0.2, 0.25) is 0 Å². The number of pyridine rings is 1. The number of hydrogen-bond donors (Lipinski definition) is 1. The lowest BCUT2D eigenvalue weighted by molar-refractivity contribution is 0.109. The van der Waals surface area contributed by atoms with Crippen LogP contribution in [-0.2, 0) is 16.6 Å². The van der Waals surface area contributed by atoms with Gasteiger partial charge in [-0.3, -0.25) is 4.79 Å². The normalized spacial score (nSPS) is 11.4. The molecule has 3 aromatic rings. The fourth-order valence-corrected chi connectivity index (χ4v) is 3.89. The highest BCUT2D eigenvalue weighted by atomic mass is 32.2. The Morgan fingerprint density at radius 3 is 2.66 bits per heavy atom. The molecule has 3 rings (SSSR count). The Labute approximate surface area is 162 Å². The first-order chi connectivity index (χ1) is 13.7. The maximum absolute atomic E-state index is 15.1. The number of carbonyl (C=O) groups is 2. The van der Waals surface area contributed by atoms with Gasteiger partial charge in [0.05, 0.1) is 12.1 Å². The quantitative estimate of drug-likeness (QED) is 0.476. The van der Waals surface area contributed by atoms with Gasteiger partial charge in [0.1, 0.15) is 5.69 Å². The molecule has 0 saturated heterocycles.